The van der Waals surface area contributed by atoms with E-state index in [1.54, 1.807) is 4.90 Å². The average molecular weight is 330 g/mol. The number of nitrogens with zero attached hydrogens (tertiary/aromatic N) is 1. The van der Waals surface area contributed by atoms with E-state index in [0.717, 1.165) is 12.8 Å². The molecule has 19 heavy (non-hydrogen) atoms. The van der Waals surface area contributed by atoms with E-state index in [1.807, 2.05) is 0 Å². The Labute approximate surface area is 118 Å². The molecule has 0 bridgehead atoms. The first-order valence-electron chi connectivity index (χ1n) is 5.97. The largest absolute Gasteiger partial charge is 0.481 e. The van der Waals surface area contributed by atoms with Crippen molar-refractivity contribution in [1.82, 2.24) is 4.90 Å². The maximum absolute atomic E-state index is 13.1. The van der Waals surface area contributed by atoms with E-state index in [-0.39, 0.29) is 29.4 Å². The van der Waals surface area contributed by atoms with Crippen molar-refractivity contribution < 1.29 is 19.1 Å². The Balaban J connectivity index is 2.14. The highest BCUT2D eigenvalue weighted by Gasteiger charge is 2.33. The molecule has 1 amide bonds. The molecule has 0 radical (unpaired) electrons. The number of rotatable bonds is 5. The average Bonchev–Trinajstić information content (AvgIpc) is 3.16. The van der Waals surface area contributed by atoms with Crippen molar-refractivity contribution in [3.05, 3.63) is 34.1 Å². The summed E-state index contributed by atoms with van der Waals surface area (Å²) in [6.45, 7) is 0.188. The Morgan fingerprint density at radius 3 is 2.63 bits per heavy atom. The van der Waals surface area contributed by atoms with Crippen molar-refractivity contribution in [3.63, 3.8) is 0 Å². The maximum Gasteiger partial charge on any atom is 0.305 e. The highest BCUT2D eigenvalue weighted by atomic mass is 79.9. The van der Waals surface area contributed by atoms with Gasteiger partial charge < -0.3 is 10.0 Å². The molecule has 1 aromatic carbocycles. The zero-order chi connectivity index (χ0) is 14.0. The van der Waals surface area contributed by atoms with Crippen LogP contribution in [-0.4, -0.2) is 34.5 Å². The van der Waals surface area contributed by atoms with Crippen molar-refractivity contribution in [2.45, 2.75) is 25.3 Å². The normalized spacial score (nSPS) is 14.2. The number of aliphatic carboxylic acids is 1. The first-order valence-corrected chi connectivity index (χ1v) is 6.76. The molecule has 6 heteroatoms. The van der Waals surface area contributed by atoms with Gasteiger partial charge in [0.15, 0.2) is 0 Å². The lowest BCUT2D eigenvalue weighted by atomic mass is 10.2. The van der Waals surface area contributed by atoms with E-state index in [2.05, 4.69) is 15.9 Å². The van der Waals surface area contributed by atoms with Crippen molar-refractivity contribution in [3.8, 4) is 0 Å². The Kier molecular flexibility index (Phi) is 4.19. The summed E-state index contributed by atoms with van der Waals surface area (Å²) in [6, 6.07) is 4.18. The molecule has 1 aromatic rings. The molecule has 1 saturated carbocycles. The fourth-order valence-corrected chi connectivity index (χ4v) is 2.23. The number of carbonyl (C=O) groups excluding carboxylic acids is 1. The summed E-state index contributed by atoms with van der Waals surface area (Å²) < 4.78 is 13.4. The van der Waals surface area contributed by atoms with Crippen LogP contribution in [0.2, 0.25) is 0 Å². The number of amides is 1. The number of carboxylic acids is 1. The lowest BCUT2D eigenvalue weighted by Crippen LogP contribution is -2.35. The predicted molar refractivity (Wildman–Crippen MR) is 70.4 cm³/mol. The summed E-state index contributed by atoms with van der Waals surface area (Å²) in [5.74, 6) is -1.61. The minimum Gasteiger partial charge on any atom is -0.481 e. The molecule has 1 N–H and O–H groups in total. The van der Waals surface area contributed by atoms with Gasteiger partial charge in [-0.15, -0.1) is 0 Å². The Morgan fingerprint density at radius 1 is 1.42 bits per heavy atom. The monoisotopic (exact) mass is 329 g/mol. The minimum absolute atomic E-state index is 0.0788. The molecular formula is C13H13BrFNO3. The molecule has 0 aromatic heterocycles. The number of carboxylic acid groups (broad SMARTS) is 1. The molecule has 1 aliphatic carbocycles. The van der Waals surface area contributed by atoms with Gasteiger partial charge in [0, 0.05) is 18.2 Å². The van der Waals surface area contributed by atoms with Crippen LogP contribution in [0.15, 0.2) is 22.7 Å². The van der Waals surface area contributed by atoms with Crippen LogP contribution >= 0.6 is 15.9 Å². The van der Waals surface area contributed by atoms with Gasteiger partial charge in [0.2, 0.25) is 0 Å². The van der Waals surface area contributed by atoms with Crippen LogP contribution in [0.3, 0.4) is 0 Å². The summed E-state index contributed by atoms with van der Waals surface area (Å²) in [6.07, 6.45) is 1.71. The molecule has 0 spiro atoms. The van der Waals surface area contributed by atoms with Gasteiger partial charge in [-0.1, -0.05) is 0 Å². The predicted octanol–water partition coefficient (Wildman–Crippen LogP) is 2.67. The van der Waals surface area contributed by atoms with E-state index < -0.39 is 11.8 Å². The molecule has 0 saturated heterocycles. The smallest absolute Gasteiger partial charge is 0.305 e. The SMILES string of the molecule is O=C(O)CCN(C(=O)c1ccc(F)c(Br)c1)C1CC1. The van der Waals surface area contributed by atoms with Crippen LogP contribution in [0, 0.1) is 5.82 Å². The molecule has 0 aliphatic heterocycles. The van der Waals surface area contributed by atoms with Crippen molar-refractivity contribution >= 4 is 27.8 Å². The highest BCUT2D eigenvalue weighted by molar-refractivity contribution is 9.10. The van der Waals surface area contributed by atoms with Crippen LogP contribution < -0.4 is 0 Å². The molecular weight excluding hydrogens is 317 g/mol. The first-order chi connectivity index (χ1) is 8.99. The maximum atomic E-state index is 13.1. The molecule has 0 unspecified atom stereocenters. The third-order valence-electron chi connectivity index (χ3n) is 2.98. The number of hydrogen-bond acceptors (Lipinski definition) is 2. The zero-order valence-corrected chi connectivity index (χ0v) is 11.7. The summed E-state index contributed by atoms with van der Waals surface area (Å²) in [7, 11) is 0. The van der Waals surface area contributed by atoms with Crippen LogP contribution in [0.4, 0.5) is 4.39 Å². The second-order valence-corrected chi connectivity index (χ2v) is 5.36. The fraction of sp³-hybridized carbons (Fsp3) is 0.385. The van der Waals surface area contributed by atoms with Gasteiger partial charge in [-0.05, 0) is 47.0 Å². The second-order valence-electron chi connectivity index (χ2n) is 4.50. The standard InChI is InChI=1S/C13H13BrFNO3/c14-10-7-8(1-4-11(10)15)13(19)16(9-2-3-9)6-5-12(17)18/h1,4,7,9H,2-3,5-6H2,(H,17,18). The third kappa shape index (κ3) is 3.53. The molecule has 0 atom stereocenters. The quantitative estimate of drug-likeness (QED) is 0.903. The zero-order valence-electron chi connectivity index (χ0n) is 10.1. The number of benzene rings is 1. The number of hydrogen-bond donors (Lipinski definition) is 1. The van der Waals surface area contributed by atoms with E-state index in [9.17, 15) is 14.0 Å². The Hall–Kier alpha value is -1.43. The molecule has 102 valence electrons. The van der Waals surface area contributed by atoms with E-state index in [0.29, 0.717) is 5.56 Å². The Bertz CT molecular complexity index is 517. The van der Waals surface area contributed by atoms with E-state index >= 15 is 0 Å². The third-order valence-corrected chi connectivity index (χ3v) is 3.59. The van der Waals surface area contributed by atoms with Gasteiger partial charge in [0.25, 0.3) is 5.91 Å². The van der Waals surface area contributed by atoms with E-state index in [4.69, 9.17) is 5.11 Å². The van der Waals surface area contributed by atoms with Gasteiger partial charge in [-0.2, -0.15) is 0 Å². The topological polar surface area (TPSA) is 57.6 Å². The van der Waals surface area contributed by atoms with Gasteiger partial charge >= 0.3 is 5.97 Å². The van der Waals surface area contributed by atoms with Gasteiger partial charge in [-0.25, -0.2) is 4.39 Å². The summed E-state index contributed by atoms with van der Waals surface area (Å²) in [5.41, 5.74) is 0.366. The van der Waals surface area contributed by atoms with Crippen molar-refractivity contribution in [1.29, 1.82) is 0 Å². The highest BCUT2D eigenvalue weighted by Crippen LogP contribution is 2.29. The van der Waals surface area contributed by atoms with Crippen LogP contribution in [0.25, 0.3) is 0 Å². The van der Waals surface area contributed by atoms with Crippen LogP contribution in [0.5, 0.6) is 0 Å². The first kappa shape index (κ1) is 14.0. The molecule has 1 aliphatic rings. The summed E-state index contributed by atoms with van der Waals surface area (Å²) in [5, 5.41) is 8.70. The molecule has 2 rings (SSSR count). The van der Waals surface area contributed by atoms with Gasteiger partial charge in [0.1, 0.15) is 5.82 Å². The number of carbonyl (C=O) groups is 2. The molecule has 0 heterocycles. The van der Waals surface area contributed by atoms with Gasteiger partial charge in [0.05, 0.1) is 10.9 Å². The molecule has 4 nitrogen and oxygen atoms in total. The van der Waals surface area contributed by atoms with E-state index in [1.165, 1.54) is 18.2 Å². The van der Waals surface area contributed by atoms with Crippen molar-refractivity contribution in [2.24, 2.45) is 0 Å². The number of halogens is 2. The van der Waals surface area contributed by atoms with Crippen LogP contribution in [0.1, 0.15) is 29.6 Å². The van der Waals surface area contributed by atoms with Crippen molar-refractivity contribution in [2.75, 3.05) is 6.54 Å². The minimum atomic E-state index is -0.932. The van der Waals surface area contributed by atoms with Crippen LogP contribution in [-0.2, 0) is 4.79 Å². The fourth-order valence-electron chi connectivity index (χ4n) is 1.85. The van der Waals surface area contributed by atoms with Gasteiger partial charge in [-0.3, -0.25) is 9.59 Å². The molecule has 1 fully saturated rings. The lowest BCUT2D eigenvalue weighted by Gasteiger charge is -2.21. The summed E-state index contributed by atoms with van der Waals surface area (Å²) in [4.78, 5) is 24.5. The lowest BCUT2D eigenvalue weighted by molar-refractivity contribution is -0.137. The summed E-state index contributed by atoms with van der Waals surface area (Å²) >= 11 is 3.04. The second kappa shape index (κ2) is 5.69. The Morgan fingerprint density at radius 2 is 2.11 bits per heavy atom.